The number of hydrogen-bond donors (Lipinski definition) is 1. The SMILES string of the molecule is CCCC(CCCl)CNCc1cccc(OC)c1F. The smallest absolute Gasteiger partial charge is 0.169 e. The quantitative estimate of drug-likeness (QED) is 0.694. The Morgan fingerprint density at radius 3 is 2.79 bits per heavy atom. The number of hydrogen-bond acceptors (Lipinski definition) is 2. The molecule has 1 unspecified atom stereocenters. The summed E-state index contributed by atoms with van der Waals surface area (Å²) >= 11 is 5.79. The van der Waals surface area contributed by atoms with E-state index in [-0.39, 0.29) is 5.82 Å². The van der Waals surface area contributed by atoms with Crippen molar-refractivity contribution in [1.29, 1.82) is 0 Å². The summed E-state index contributed by atoms with van der Waals surface area (Å²) in [6, 6.07) is 5.22. The summed E-state index contributed by atoms with van der Waals surface area (Å²) in [6.07, 6.45) is 3.31. The normalized spacial score (nSPS) is 12.4. The average Bonchev–Trinajstić information content (AvgIpc) is 2.41. The maximum absolute atomic E-state index is 13.9. The lowest BCUT2D eigenvalue weighted by molar-refractivity contribution is 0.381. The first-order valence-electron chi connectivity index (χ1n) is 6.81. The van der Waals surface area contributed by atoms with Crippen LogP contribution in [0.15, 0.2) is 18.2 Å². The zero-order valence-electron chi connectivity index (χ0n) is 11.7. The molecule has 0 saturated heterocycles. The highest BCUT2D eigenvalue weighted by Crippen LogP contribution is 2.20. The maximum Gasteiger partial charge on any atom is 0.169 e. The van der Waals surface area contributed by atoms with Crippen LogP contribution in [-0.4, -0.2) is 19.5 Å². The molecule has 108 valence electrons. The lowest BCUT2D eigenvalue weighted by atomic mass is 10.0. The third-order valence-electron chi connectivity index (χ3n) is 3.23. The van der Waals surface area contributed by atoms with E-state index in [4.69, 9.17) is 16.3 Å². The van der Waals surface area contributed by atoms with Gasteiger partial charge in [-0.25, -0.2) is 4.39 Å². The van der Waals surface area contributed by atoms with Crippen molar-refractivity contribution in [2.75, 3.05) is 19.5 Å². The van der Waals surface area contributed by atoms with Crippen LogP contribution in [0.3, 0.4) is 0 Å². The molecule has 19 heavy (non-hydrogen) atoms. The van der Waals surface area contributed by atoms with Gasteiger partial charge in [0.25, 0.3) is 0 Å². The zero-order valence-corrected chi connectivity index (χ0v) is 12.5. The number of alkyl halides is 1. The first-order valence-corrected chi connectivity index (χ1v) is 7.34. The minimum absolute atomic E-state index is 0.276. The predicted molar refractivity (Wildman–Crippen MR) is 78.4 cm³/mol. The maximum atomic E-state index is 13.9. The molecule has 0 aliphatic rings. The van der Waals surface area contributed by atoms with Gasteiger partial charge in [-0.15, -0.1) is 11.6 Å². The first-order chi connectivity index (χ1) is 9.22. The number of rotatable bonds is 9. The second-order valence-electron chi connectivity index (χ2n) is 4.70. The molecule has 0 radical (unpaired) electrons. The Morgan fingerprint density at radius 2 is 2.16 bits per heavy atom. The van der Waals surface area contributed by atoms with E-state index in [1.54, 1.807) is 18.2 Å². The molecule has 1 N–H and O–H groups in total. The van der Waals surface area contributed by atoms with Gasteiger partial charge in [0.2, 0.25) is 0 Å². The molecule has 4 heteroatoms. The van der Waals surface area contributed by atoms with Crippen molar-refractivity contribution in [1.82, 2.24) is 5.32 Å². The summed E-state index contributed by atoms with van der Waals surface area (Å²) in [6.45, 7) is 3.56. The van der Waals surface area contributed by atoms with Crippen LogP contribution < -0.4 is 10.1 Å². The average molecular weight is 288 g/mol. The zero-order chi connectivity index (χ0) is 14.1. The van der Waals surface area contributed by atoms with E-state index in [1.807, 2.05) is 0 Å². The fourth-order valence-corrected chi connectivity index (χ4v) is 2.48. The second-order valence-corrected chi connectivity index (χ2v) is 5.07. The number of methoxy groups -OCH3 is 1. The Hall–Kier alpha value is -0.800. The summed E-state index contributed by atoms with van der Waals surface area (Å²) in [5, 5.41) is 3.31. The molecule has 0 aliphatic carbocycles. The Labute approximate surface area is 120 Å². The second kappa shape index (κ2) is 9.16. The molecule has 0 aromatic heterocycles. The molecular formula is C15H23ClFNO. The number of benzene rings is 1. The molecule has 2 nitrogen and oxygen atoms in total. The molecule has 1 rings (SSSR count). The highest BCUT2D eigenvalue weighted by molar-refractivity contribution is 6.17. The van der Waals surface area contributed by atoms with Gasteiger partial charge in [-0.3, -0.25) is 0 Å². The van der Waals surface area contributed by atoms with E-state index in [1.165, 1.54) is 7.11 Å². The van der Waals surface area contributed by atoms with E-state index in [0.717, 1.165) is 25.8 Å². The molecule has 1 aromatic carbocycles. The van der Waals surface area contributed by atoms with Crippen LogP contribution in [0.4, 0.5) is 4.39 Å². The van der Waals surface area contributed by atoms with Crippen LogP contribution in [0.5, 0.6) is 5.75 Å². The lowest BCUT2D eigenvalue weighted by Gasteiger charge is -2.16. The number of ether oxygens (including phenoxy) is 1. The monoisotopic (exact) mass is 287 g/mol. The standard InChI is InChI=1S/C15H23ClFNO/c1-3-5-12(8-9-16)10-18-11-13-6-4-7-14(19-2)15(13)17/h4,6-7,12,18H,3,5,8-11H2,1-2H3. The van der Waals surface area contributed by atoms with E-state index in [9.17, 15) is 4.39 Å². The van der Waals surface area contributed by atoms with Crippen molar-refractivity contribution in [3.63, 3.8) is 0 Å². The van der Waals surface area contributed by atoms with Gasteiger partial charge in [0.15, 0.2) is 11.6 Å². The summed E-state index contributed by atoms with van der Waals surface area (Å²) < 4.78 is 18.9. The summed E-state index contributed by atoms with van der Waals surface area (Å²) in [5.74, 6) is 1.27. The molecule has 0 aliphatic heterocycles. The van der Waals surface area contributed by atoms with Gasteiger partial charge in [-0.2, -0.15) is 0 Å². The Kier molecular flexibility index (Phi) is 7.84. The van der Waals surface area contributed by atoms with Crippen LogP contribution in [-0.2, 0) is 6.54 Å². The minimum atomic E-state index is -0.276. The number of halogens is 2. The summed E-state index contributed by atoms with van der Waals surface area (Å²) in [4.78, 5) is 0. The van der Waals surface area contributed by atoms with Crippen molar-refractivity contribution in [3.8, 4) is 5.75 Å². The highest BCUT2D eigenvalue weighted by atomic mass is 35.5. The molecule has 1 atom stereocenters. The fraction of sp³-hybridized carbons (Fsp3) is 0.600. The third kappa shape index (κ3) is 5.37. The van der Waals surface area contributed by atoms with Gasteiger partial charge in [0.1, 0.15) is 0 Å². The first kappa shape index (κ1) is 16.3. The largest absolute Gasteiger partial charge is 0.494 e. The van der Waals surface area contributed by atoms with Crippen molar-refractivity contribution in [2.24, 2.45) is 5.92 Å². The van der Waals surface area contributed by atoms with Crippen molar-refractivity contribution >= 4 is 11.6 Å². The van der Waals surface area contributed by atoms with Gasteiger partial charge < -0.3 is 10.1 Å². The van der Waals surface area contributed by atoms with Gasteiger partial charge in [0.05, 0.1) is 7.11 Å². The van der Waals surface area contributed by atoms with Crippen LogP contribution in [0.2, 0.25) is 0 Å². The van der Waals surface area contributed by atoms with E-state index < -0.39 is 0 Å². The highest BCUT2D eigenvalue weighted by Gasteiger charge is 2.10. The number of nitrogens with one attached hydrogen (secondary N) is 1. The van der Waals surface area contributed by atoms with Crippen LogP contribution in [0.25, 0.3) is 0 Å². The van der Waals surface area contributed by atoms with Crippen molar-refractivity contribution in [3.05, 3.63) is 29.6 Å². The fourth-order valence-electron chi connectivity index (χ4n) is 2.17. The summed E-state index contributed by atoms with van der Waals surface area (Å²) in [5.41, 5.74) is 0.639. The van der Waals surface area contributed by atoms with Gasteiger partial charge >= 0.3 is 0 Å². The van der Waals surface area contributed by atoms with E-state index >= 15 is 0 Å². The third-order valence-corrected chi connectivity index (χ3v) is 3.44. The van der Waals surface area contributed by atoms with Gasteiger partial charge in [-0.05, 0) is 31.4 Å². The van der Waals surface area contributed by atoms with E-state index in [0.29, 0.717) is 29.7 Å². The molecule has 0 heterocycles. The molecule has 1 aromatic rings. The Bertz CT molecular complexity index is 367. The topological polar surface area (TPSA) is 21.3 Å². The molecule has 0 saturated carbocycles. The molecule has 0 bridgehead atoms. The van der Waals surface area contributed by atoms with Crippen LogP contribution in [0, 0.1) is 11.7 Å². The molecule has 0 amide bonds. The Morgan fingerprint density at radius 1 is 1.37 bits per heavy atom. The summed E-state index contributed by atoms with van der Waals surface area (Å²) in [7, 11) is 1.48. The predicted octanol–water partition coefficient (Wildman–Crippen LogP) is 3.97. The van der Waals surface area contributed by atoms with E-state index in [2.05, 4.69) is 12.2 Å². The van der Waals surface area contributed by atoms with Crippen molar-refractivity contribution in [2.45, 2.75) is 32.7 Å². The molecular weight excluding hydrogens is 265 g/mol. The van der Waals surface area contributed by atoms with Gasteiger partial charge in [-0.1, -0.05) is 25.5 Å². The minimum Gasteiger partial charge on any atom is -0.494 e. The molecule has 0 spiro atoms. The lowest BCUT2D eigenvalue weighted by Crippen LogP contribution is -2.23. The Balaban J connectivity index is 2.47. The van der Waals surface area contributed by atoms with Gasteiger partial charge in [0, 0.05) is 18.0 Å². The van der Waals surface area contributed by atoms with Crippen molar-refractivity contribution < 1.29 is 9.13 Å². The van der Waals surface area contributed by atoms with Crippen LogP contribution >= 0.6 is 11.6 Å². The van der Waals surface area contributed by atoms with Crippen LogP contribution in [0.1, 0.15) is 31.7 Å². The molecule has 0 fully saturated rings.